The van der Waals surface area contributed by atoms with E-state index in [9.17, 15) is 4.39 Å². The lowest BCUT2D eigenvalue weighted by molar-refractivity contribution is 0.0854. The molecule has 0 amide bonds. The van der Waals surface area contributed by atoms with Crippen molar-refractivity contribution in [3.63, 3.8) is 0 Å². The van der Waals surface area contributed by atoms with Gasteiger partial charge in [0.25, 0.3) is 0 Å². The summed E-state index contributed by atoms with van der Waals surface area (Å²) in [5.74, 6) is -0.130. The van der Waals surface area contributed by atoms with Gasteiger partial charge in [-0.1, -0.05) is 13.0 Å². The highest BCUT2D eigenvalue weighted by atomic mass is 19.1. The van der Waals surface area contributed by atoms with Gasteiger partial charge in [0.1, 0.15) is 5.82 Å². The summed E-state index contributed by atoms with van der Waals surface area (Å²) in [5, 5.41) is 3.31. The Morgan fingerprint density at radius 1 is 1.40 bits per heavy atom. The molecule has 0 bridgehead atoms. The van der Waals surface area contributed by atoms with Crippen molar-refractivity contribution in [1.82, 2.24) is 5.32 Å². The molecule has 1 aromatic rings. The minimum Gasteiger partial charge on any atom is -0.381 e. The van der Waals surface area contributed by atoms with Gasteiger partial charge in [-0.3, -0.25) is 0 Å². The van der Waals surface area contributed by atoms with Gasteiger partial charge in [0.2, 0.25) is 0 Å². The van der Waals surface area contributed by atoms with Crippen LogP contribution in [0.2, 0.25) is 0 Å². The average Bonchev–Trinajstić information content (AvgIpc) is 2.47. The Balaban J connectivity index is 2.27. The van der Waals surface area contributed by atoms with Crippen molar-refractivity contribution < 1.29 is 9.13 Å². The van der Waals surface area contributed by atoms with Crippen molar-refractivity contribution in [2.45, 2.75) is 38.8 Å². The number of benzene rings is 1. The Morgan fingerprint density at radius 3 is 2.75 bits per heavy atom. The van der Waals surface area contributed by atoms with E-state index in [2.05, 4.69) is 17.3 Å². The van der Waals surface area contributed by atoms with Crippen LogP contribution < -0.4 is 10.2 Å². The number of ether oxygens (including phenoxy) is 1. The normalized spacial score (nSPS) is 18.0. The Kier molecular flexibility index (Phi) is 5.38. The largest absolute Gasteiger partial charge is 0.381 e. The van der Waals surface area contributed by atoms with Gasteiger partial charge < -0.3 is 15.0 Å². The van der Waals surface area contributed by atoms with Gasteiger partial charge in [-0.05, 0) is 38.4 Å². The van der Waals surface area contributed by atoms with Crippen molar-refractivity contribution in [3.8, 4) is 0 Å². The van der Waals surface area contributed by atoms with Gasteiger partial charge in [0, 0.05) is 43.6 Å². The molecule has 1 atom stereocenters. The van der Waals surface area contributed by atoms with Gasteiger partial charge in [-0.15, -0.1) is 0 Å². The fourth-order valence-electron chi connectivity index (χ4n) is 2.94. The van der Waals surface area contributed by atoms with E-state index >= 15 is 0 Å². The van der Waals surface area contributed by atoms with Crippen LogP contribution in [0.15, 0.2) is 18.2 Å². The quantitative estimate of drug-likeness (QED) is 0.897. The molecule has 0 saturated carbocycles. The lowest BCUT2D eigenvalue weighted by Crippen LogP contribution is -2.37. The molecule has 0 radical (unpaired) electrons. The maximum absolute atomic E-state index is 14.3. The van der Waals surface area contributed by atoms with Crippen LogP contribution in [0.1, 0.15) is 38.3 Å². The van der Waals surface area contributed by atoms with Crippen LogP contribution >= 0.6 is 0 Å². The van der Waals surface area contributed by atoms with Crippen molar-refractivity contribution in [2.24, 2.45) is 0 Å². The molecule has 4 heteroatoms. The summed E-state index contributed by atoms with van der Waals surface area (Å²) < 4.78 is 19.7. The molecule has 112 valence electrons. The first-order valence-electron chi connectivity index (χ1n) is 7.47. The van der Waals surface area contributed by atoms with Crippen LogP contribution in [0.3, 0.4) is 0 Å². The molecule has 1 saturated heterocycles. The Labute approximate surface area is 121 Å². The molecule has 0 aliphatic carbocycles. The number of hydrogen-bond acceptors (Lipinski definition) is 3. The summed E-state index contributed by atoms with van der Waals surface area (Å²) >= 11 is 0. The van der Waals surface area contributed by atoms with Crippen molar-refractivity contribution in [3.05, 3.63) is 29.6 Å². The Hall–Kier alpha value is -1.13. The molecule has 1 heterocycles. The first-order valence-corrected chi connectivity index (χ1v) is 7.47. The van der Waals surface area contributed by atoms with Crippen molar-refractivity contribution in [2.75, 3.05) is 31.7 Å². The van der Waals surface area contributed by atoms with E-state index in [4.69, 9.17) is 4.74 Å². The van der Waals surface area contributed by atoms with E-state index < -0.39 is 0 Å². The van der Waals surface area contributed by atoms with E-state index in [1.165, 1.54) is 0 Å². The maximum Gasteiger partial charge on any atom is 0.130 e. The number of nitrogens with zero attached hydrogens (tertiary/aromatic N) is 1. The van der Waals surface area contributed by atoms with Crippen LogP contribution in [-0.2, 0) is 4.74 Å². The lowest BCUT2D eigenvalue weighted by atomic mass is 10.0. The van der Waals surface area contributed by atoms with Crippen LogP contribution in [0.25, 0.3) is 0 Å². The van der Waals surface area contributed by atoms with Crippen LogP contribution in [-0.4, -0.2) is 32.8 Å². The van der Waals surface area contributed by atoms with E-state index in [1.54, 1.807) is 12.1 Å². The molecular formula is C16H25FN2O. The minimum atomic E-state index is -0.130. The third-order valence-corrected chi connectivity index (χ3v) is 4.09. The van der Waals surface area contributed by atoms with Crippen LogP contribution in [0.4, 0.5) is 10.1 Å². The predicted octanol–water partition coefficient (Wildman–Crippen LogP) is 3.11. The molecule has 1 unspecified atom stereocenters. The fourth-order valence-corrected chi connectivity index (χ4v) is 2.94. The molecule has 0 spiro atoms. The van der Waals surface area contributed by atoms with Crippen LogP contribution in [0.5, 0.6) is 0 Å². The molecule has 1 aliphatic heterocycles. The van der Waals surface area contributed by atoms with E-state index in [1.807, 2.05) is 19.9 Å². The van der Waals surface area contributed by atoms with E-state index in [-0.39, 0.29) is 11.9 Å². The highest BCUT2D eigenvalue weighted by Crippen LogP contribution is 2.31. The smallest absolute Gasteiger partial charge is 0.130 e. The van der Waals surface area contributed by atoms with Gasteiger partial charge in [-0.25, -0.2) is 4.39 Å². The third kappa shape index (κ3) is 3.30. The van der Waals surface area contributed by atoms with Crippen molar-refractivity contribution in [1.29, 1.82) is 0 Å². The summed E-state index contributed by atoms with van der Waals surface area (Å²) in [6.07, 6.45) is 2.00. The molecule has 3 nitrogen and oxygen atoms in total. The van der Waals surface area contributed by atoms with Crippen molar-refractivity contribution >= 4 is 5.69 Å². The molecule has 1 aliphatic rings. The molecule has 0 aromatic heterocycles. The first kappa shape index (κ1) is 15.3. The third-order valence-electron chi connectivity index (χ3n) is 4.09. The highest BCUT2D eigenvalue weighted by Gasteiger charge is 2.23. The number of rotatable bonds is 5. The fraction of sp³-hybridized carbons (Fsp3) is 0.625. The lowest BCUT2D eigenvalue weighted by Gasteiger charge is -2.35. The molecule has 2 rings (SSSR count). The van der Waals surface area contributed by atoms with Gasteiger partial charge >= 0.3 is 0 Å². The molecule has 20 heavy (non-hydrogen) atoms. The van der Waals surface area contributed by atoms with Crippen LogP contribution in [0, 0.1) is 5.82 Å². The average molecular weight is 280 g/mol. The summed E-state index contributed by atoms with van der Waals surface area (Å²) in [6.45, 7) is 6.48. The first-order chi connectivity index (χ1) is 9.65. The second-order valence-corrected chi connectivity index (χ2v) is 5.41. The van der Waals surface area contributed by atoms with Gasteiger partial charge in [0.15, 0.2) is 0 Å². The highest BCUT2D eigenvalue weighted by molar-refractivity contribution is 5.55. The number of anilines is 1. The van der Waals surface area contributed by atoms with Gasteiger partial charge in [0.05, 0.1) is 0 Å². The van der Waals surface area contributed by atoms with Gasteiger partial charge in [-0.2, -0.15) is 0 Å². The number of hydrogen-bond donors (Lipinski definition) is 1. The summed E-state index contributed by atoms with van der Waals surface area (Å²) in [5.41, 5.74) is 1.76. The maximum atomic E-state index is 14.3. The summed E-state index contributed by atoms with van der Waals surface area (Å²) in [4.78, 5) is 2.22. The molecular weight excluding hydrogens is 255 g/mol. The minimum absolute atomic E-state index is 0.0125. The Bertz CT molecular complexity index is 432. The molecule has 1 fully saturated rings. The Morgan fingerprint density at radius 2 is 2.10 bits per heavy atom. The van der Waals surface area contributed by atoms with E-state index in [0.29, 0.717) is 6.04 Å². The zero-order valence-electron chi connectivity index (χ0n) is 12.7. The number of halogens is 1. The standard InChI is InChI=1S/C16H25FN2O/c1-4-18-12(2)16-14(17)6-5-7-15(16)19(3)13-8-10-20-11-9-13/h5-7,12-13,18H,4,8-11H2,1-3H3. The molecule has 1 aromatic carbocycles. The van der Waals surface area contributed by atoms with E-state index in [0.717, 1.165) is 43.9 Å². The second-order valence-electron chi connectivity index (χ2n) is 5.41. The second kappa shape index (κ2) is 7.04. The molecule has 1 N–H and O–H groups in total. The summed E-state index contributed by atoms with van der Waals surface area (Å²) in [7, 11) is 2.06. The predicted molar refractivity (Wildman–Crippen MR) is 80.7 cm³/mol. The zero-order valence-corrected chi connectivity index (χ0v) is 12.7. The topological polar surface area (TPSA) is 24.5 Å². The monoisotopic (exact) mass is 280 g/mol. The zero-order chi connectivity index (χ0) is 14.5. The summed E-state index contributed by atoms with van der Waals surface area (Å²) in [6, 6.07) is 5.80. The SMILES string of the molecule is CCNC(C)c1c(F)cccc1N(C)C1CCOCC1. The number of nitrogens with one attached hydrogen (secondary N) is 1.